The number of hydrogen-bond donors (Lipinski definition) is 1. The predicted octanol–water partition coefficient (Wildman–Crippen LogP) is 4.28. The summed E-state index contributed by atoms with van der Waals surface area (Å²) in [4.78, 5) is 12.7. The number of nitrogens with one attached hydrogen (secondary N) is 1. The third kappa shape index (κ3) is 3.68. The van der Waals surface area contributed by atoms with Gasteiger partial charge in [0.05, 0.1) is 17.9 Å². The minimum Gasteiger partial charge on any atom is -0.346 e. The summed E-state index contributed by atoms with van der Waals surface area (Å²) in [5.41, 5.74) is 7.47. The van der Waals surface area contributed by atoms with E-state index in [1.807, 2.05) is 38.2 Å². The van der Waals surface area contributed by atoms with E-state index in [4.69, 9.17) is 0 Å². The summed E-state index contributed by atoms with van der Waals surface area (Å²) in [7, 11) is 1.89. The van der Waals surface area contributed by atoms with Gasteiger partial charge in [-0.2, -0.15) is 5.10 Å². The van der Waals surface area contributed by atoms with E-state index in [1.54, 1.807) is 4.68 Å². The fourth-order valence-electron chi connectivity index (χ4n) is 3.86. The minimum absolute atomic E-state index is 0.0707. The van der Waals surface area contributed by atoms with Gasteiger partial charge in [-0.25, -0.2) is 0 Å². The number of fused-ring (bicyclic) bond motifs is 1. The lowest BCUT2D eigenvalue weighted by molar-refractivity contribution is 0.0950. The summed E-state index contributed by atoms with van der Waals surface area (Å²) in [6.45, 7) is 7.50. The van der Waals surface area contributed by atoms with Gasteiger partial charge < -0.3 is 9.88 Å². The number of aryl methyl sites for hydroxylation is 3. The average Bonchev–Trinajstić information content (AvgIpc) is 3.17. The van der Waals surface area contributed by atoms with E-state index in [0.717, 1.165) is 28.8 Å². The molecule has 1 amide bonds. The minimum atomic E-state index is -0.0707. The van der Waals surface area contributed by atoms with Crippen LogP contribution in [0.5, 0.6) is 0 Å². The topological polar surface area (TPSA) is 51.9 Å². The summed E-state index contributed by atoms with van der Waals surface area (Å²) in [5, 5.41) is 8.46. The molecule has 0 aliphatic heterocycles. The molecule has 29 heavy (non-hydrogen) atoms. The standard InChI is InChI=1S/C24H26N4O/c1-16-12-21(27(4)26-16)14-25-24(29)20-10-11-23-22(13-20)17(2)18(3)28(23)15-19-8-6-5-7-9-19/h5-13H,14-15H2,1-4H3,(H,25,29). The van der Waals surface area contributed by atoms with E-state index >= 15 is 0 Å². The molecule has 5 nitrogen and oxygen atoms in total. The molecule has 0 saturated carbocycles. The van der Waals surface area contributed by atoms with Crippen LogP contribution in [0.2, 0.25) is 0 Å². The lowest BCUT2D eigenvalue weighted by Crippen LogP contribution is -2.24. The molecular formula is C24H26N4O. The van der Waals surface area contributed by atoms with Gasteiger partial charge in [0.25, 0.3) is 5.91 Å². The summed E-state index contributed by atoms with van der Waals surface area (Å²) in [5.74, 6) is -0.0707. The molecule has 0 bridgehead atoms. The number of nitrogens with zero attached hydrogens (tertiary/aromatic N) is 3. The van der Waals surface area contributed by atoms with Crippen molar-refractivity contribution in [2.75, 3.05) is 0 Å². The first-order valence-corrected chi connectivity index (χ1v) is 9.85. The third-order valence-electron chi connectivity index (χ3n) is 5.61. The van der Waals surface area contributed by atoms with Gasteiger partial charge in [0.1, 0.15) is 0 Å². The monoisotopic (exact) mass is 386 g/mol. The lowest BCUT2D eigenvalue weighted by atomic mass is 10.1. The highest BCUT2D eigenvalue weighted by Crippen LogP contribution is 2.27. The fraction of sp³-hybridized carbons (Fsp3) is 0.250. The van der Waals surface area contributed by atoms with Crippen molar-refractivity contribution in [1.82, 2.24) is 19.7 Å². The highest BCUT2D eigenvalue weighted by Gasteiger charge is 2.14. The summed E-state index contributed by atoms with van der Waals surface area (Å²) >= 11 is 0. The number of amides is 1. The molecule has 2 aromatic heterocycles. The van der Waals surface area contributed by atoms with Crippen molar-refractivity contribution < 1.29 is 4.79 Å². The third-order valence-corrected chi connectivity index (χ3v) is 5.61. The molecule has 0 aliphatic carbocycles. The fourth-order valence-corrected chi connectivity index (χ4v) is 3.86. The van der Waals surface area contributed by atoms with E-state index in [0.29, 0.717) is 12.1 Å². The summed E-state index contributed by atoms with van der Waals surface area (Å²) in [6.07, 6.45) is 0. The molecule has 0 aliphatic rings. The first-order chi connectivity index (χ1) is 13.9. The number of hydrogen-bond acceptors (Lipinski definition) is 2. The average molecular weight is 386 g/mol. The van der Waals surface area contributed by atoms with Crippen LogP contribution >= 0.6 is 0 Å². The van der Waals surface area contributed by atoms with E-state index in [2.05, 4.69) is 59.2 Å². The van der Waals surface area contributed by atoms with E-state index in [1.165, 1.54) is 16.8 Å². The van der Waals surface area contributed by atoms with Crippen LogP contribution in [-0.4, -0.2) is 20.3 Å². The van der Waals surface area contributed by atoms with Crippen LogP contribution < -0.4 is 5.32 Å². The molecule has 1 N–H and O–H groups in total. The number of carbonyl (C=O) groups is 1. The second-order valence-electron chi connectivity index (χ2n) is 7.60. The molecule has 0 spiro atoms. The van der Waals surface area contributed by atoms with Gasteiger partial charge in [0.15, 0.2) is 0 Å². The van der Waals surface area contributed by atoms with Crippen LogP contribution in [0.15, 0.2) is 54.6 Å². The van der Waals surface area contributed by atoms with Crippen LogP contribution in [0.1, 0.15) is 38.6 Å². The van der Waals surface area contributed by atoms with Gasteiger partial charge in [-0.05, 0) is 56.2 Å². The van der Waals surface area contributed by atoms with Crippen molar-refractivity contribution >= 4 is 16.8 Å². The number of rotatable bonds is 5. The SMILES string of the molecule is Cc1cc(CNC(=O)c2ccc3c(c2)c(C)c(C)n3Cc2ccccc2)n(C)n1. The van der Waals surface area contributed by atoms with Crippen LogP contribution in [0.25, 0.3) is 10.9 Å². The number of benzene rings is 2. The quantitative estimate of drug-likeness (QED) is 0.557. The summed E-state index contributed by atoms with van der Waals surface area (Å²) in [6, 6.07) is 18.4. The zero-order chi connectivity index (χ0) is 20.5. The molecule has 0 radical (unpaired) electrons. The Kier molecular flexibility index (Phi) is 4.97. The molecule has 0 fully saturated rings. The predicted molar refractivity (Wildman–Crippen MR) is 116 cm³/mol. The molecule has 2 aromatic carbocycles. The Balaban J connectivity index is 1.60. The van der Waals surface area contributed by atoms with Crippen LogP contribution in [0.4, 0.5) is 0 Å². The van der Waals surface area contributed by atoms with Crippen LogP contribution in [0, 0.1) is 20.8 Å². The Bertz CT molecular complexity index is 1180. The maximum absolute atomic E-state index is 12.7. The second kappa shape index (κ2) is 7.59. The Hall–Kier alpha value is -3.34. The van der Waals surface area contributed by atoms with Crippen LogP contribution in [0.3, 0.4) is 0 Å². The lowest BCUT2D eigenvalue weighted by Gasteiger charge is -2.09. The highest BCUT2D eigenvalue weighted by molar-refractivity contribution is 5.99. The van der Waals surface area contributed by atoms with Gasteiger partial charge >= 0.3 is 0 Å². The van der Waals surface area contributed by atoms with Gasteiger partial charge in [-0.1, -0.05) is 30.3 Å². The van der Waals surface area contributed by atoms with Gasteiger partial charge in [-0.15, -0.1) is 0 Å². The summed E-state index contributed by atoms with van der Waals surface area (Å²) < 4.78 is 4.12. The molecule has 4 aromatic rings. The molecular weight excluding hydrogens is 360 g/mol. The van der Waals surface area contributed by atoms with E-state index in [-0.39, 0.29) is 5.91 Å². The van der Waals surface area contributed by atoms with Crippen molar-refractivity contribution in [1.29, 1.82) is 0 Å². The number of aromatic nitrogens is 3. The zero-order valence-electron chi connectivity index (χ0n) is 17.4. The zero-order valence-corrected chi connectivity index (χ0v) is 17.4. The molecule has 148 valence electrons. The molecule has 0 atom stereocenters. The first-order valence-electron chi connectivity index (χ1n) is 9.85. The maximum Gasteiger partial charge on any atom is 0.251 e. The van der Waals surface area contributed by atoms with Crippen molar-refractivity contribution in [3.63, 3.8) is 0 Å². The molecule has 5 heteroatoms. The molecule has 2 heterocycles. The Morgan fingerprint density at radius 3 is 2.48 bits per heavy atom. The Morgan fingerprint density at radius 2 is 1.79 bits per heavy atom. The smallest absolute Gasteiger partial charge is 0.251 e. The highest BCUT2D eigenvalue weighted by atomic mass is 16.1. The van der Waals surface area contributed by atoms with Crippen molar-refractivity contribution in [2.45, 2.75) is 33.9 Å². The van der Waals surface area contributed by atoms with Gasteiger partial charge in [0.2, 0.25) is 0 Å². The Morgan fingerprint density at radius 1 is 1.03 bits per heavy atom. The molecule has 0 saturated heterocycles. The van der Waals surface area contributed by atoms with Crippen molar-refractivity contribution in [3.8, 4) is 0 Å². The normalized spacial score (nSPS) is 11.2. The van der Waals surface area contributed by atoms with E-state index < -0.39 is 0 Å². The van der Waals surface area contributed by atoms with Gasteiger partial charge in [-0.3, -0.25) is 9.48 Å². The second-order valence-corrected chi connectivity index (χ2v) is 7.60. The Labute approximate surface area is 171 Å². The van der Waals surface area contributed by atoms with Gasteiger partial charge in [0, 0.05) is 35.8 Å². The maximum atomic E-state index is 12.7. The van der Waals surface area contributed by atoms with Crippen molar-refractivity contribution in [2.24, 2.45) is 7.05 Å². The van der Waals surface area contributed by atoms with Crippen molar-refractivity contribution in [3.05, 3.63) is 88.4 Å². The molecule has 4 rings (SSSR count). The molecule has 0 unspecified atom stereocenters. The van der Waals surface area contributed by atoms with Crippen LogP contribution in [-0.2, 0) is 20.1 Å². The van der Waals surface area contributed by atoms with E-state index in [9.17, 15) is 4.79 Å². The number of carbonyl (C=O) groups excluding carboxylic acids is 1. The largest absolute Gasteiger partial charge is 0.346 e. The first kappa shape index (κ1) is 19.0.